The highest BCUT2D eigenvalue weighted by Crippen LogP contribution is 2.28. The van der Waals surface area contributed by atoms with E-state index in [1.165, 1.54) is 30.6 Å². The summed E-state index contributed by atoms with van der Waals surface area (Å²) in [5.41, 5.74) is 3.20. The molecule has 0 aromatic heterocycles. The monoisotopic (exact) mass is 424 g/mol. The lowest BCUT2D eigenvalue weighted by Gasteiger charge is -2.22. The number of amides is 1. The van der Waals surface area contributed by atoms with Gasteiger partial charge in [-0.25, -0.2) is 8.42 Å². The third kappa shape index (κ3) is 4.31. The molecule has 3 aromatic carbocycles. The minimum atomic E-state index is -3.80. The molecular weight excluding hydrogens is 400 g/mol. The van der Waals surface area contributed by atoms with Crippen LogP contribution in [0.1, 0.15) is 21.5 Å². The first kappa shape index (κ1) is 21.4. The standard InChI is InChI=1S/C23H24N2O4S/c1-16-7-5-6-8-21(16)24-23(26)18-10-9-17(2)22(15-18)25(3)30(27,28)20-13-11-19(29-4)12-14-20/h5-15H,1-4H3,(H,24,26). The van der Waals surface area contributed by atoms with Crippen molar-refractivity contribution >= 4 is 27.3 Å². The second kappa shape index (κ2) is 8.59. The highest BCUT2D eigenvalue weighted by atomic mass is 32.2. The Kier molecular flexibility index (Phi) is 6.12. The summed E-state index contributed by atoms with van der Waals surface area (Å²) >= 11 is 0. The van der Waals surface area contributed by atoms with E-state index in [2.05, 4.69) is 5.32 Å². The molecule has 0 spiro atoms. The first-order valence-electron chi connectivity index (χ1n) is 9.34. The molecule has 0 fully saturated rings. The van der Waals surface area contributed by atoms with Gasteiger partial charge in [0.25, 0.3) is 15.9 Å². The van der Waals surface area contributed by atoms with Crippen LogP contribution in [0.25, 0.3) is 0 Å². The summed E-state index contributed by atoms with van der Waals surface area (Å²) in [5, 5.41) is 2.87. The van der Waals surface area contributed by atoms with Crippen molar-refractivity contribution in [2.75, 3.05) is 23.8 Å². The van der Waals surface area contributed by atoms with Gasteiger partial charge < -0.3 is 10.1 Å². The van der Waals surface area contributed by atoms with Crippen LogP contribution in [0.5, 0.6) is 5.75 Å². The van der Waals surface area contributed by atoms with Crippen LogP contribution in [0, 0.1) is 13.8 Å². The molecular formula is C23H24N2O4S. The molecule has 6 nitrogen and oxygen atoms in total. The van der Waals surface area contributed by atoms with Crippen molar-refractivity contribution in [2.45, 2.75) is 18.7 Å². The van der Waals surface area contributed by atoms with Crippen molar-refractivity contribution in [3.63, 3.8) is 0 Å². The van der Waals surface area contributed by atoms with Gasteiger partial charge in [0.1, 0.15) is 5.75 Å². The van der Waals surface area contributed by atoms with E-state index in [1.807, 2.05) is 31.2 Å². The molecule has 0 radical (unpaired) electrons. The fourth-order valence-electron chi connectivity index (χ4n) is 3.03. The lowest BCUT2D eigenvalue weighted by molar-refractivity contribution is 0.102. The molecule has 3 aromatic rings. The molecule has 1 N–H and O–H groups in total. The second-order valence-corrected chi connectivity index (χ2v) is 8.89. The van der Waals surface area contributed by atoms with E-state index in [4.69, 9.17) is 4.74 Å². The highest BCUT2D eigenvalue weighted by molar-refractivity contribution is 7.92. The molecule has 0 heterocycles. The van der Waals surface area contributed by atoms with Crippen molar-refractivity contribution in [1.29, 1.82) is 0 Å². The molecule has 156 valence electrons. The average molecular weight is 425 g/mol. The number of carbonyl (C=O) groups excluding carboxylic acids is 1. The molecule has 1 amide bonds. The summed E-state index contributed by atoms with van der Waals surface area (Å²) in [6, 6.07) is 18.7. The lowest BCUT2D eigenvalue weighted by atomic mass is 10.1. The zero-order valence-corrected chi connectivity index (χ0v) is 18.2. The summed E-state index contributed by atoms with van der Waals surface area (Å²) in [7, 11) is -0.804. The quantitative estimate of drug-likeness (QED) is 0.637. The van der Waals surface area contributed by atoms with Crippen LogP contribution in [0.3, 0.4) is 0 Å². The molecule has 0 saturated heterocycles. The number of hydrogen-bond acceptors (Lipinski definition) is 4. The number of sulfonamides is 1. The Balaban J connectivity index is 1.92. The van der Waals surface area contributed by atoms with Crippen LogP contribution in [-0.2, 0) is 10.0 Å². The first-order chi connectivity index (χ1) is 14.2. The fraction of sp³-hybridized carbons (Fsp3) is 0.174. The summed E-state index contributed by atoms with van der Waals surface area (Å²) < 4.78 is 32.5. The minimum absolute atomic E-state index is 0.139. The van der Waals surface area contributed by atoms with Gasteiger partial charge in [-0.15, -0.1) is 0 Å². The van der Waals surface area contributed by atoms with Crippen LogP contribution >= 0.6 is 0 Å². The summed E-state index contributed by atoms with van der Waals surface area (Å²) in [6.07, 6.45) is 0. The molecule has 0 atom stereocenters. The van der Waals surface area contributed by atoms with E-state index in [0.717, 1.165) is 11.1 Å². The van der Waals surface area contributed by atoms with Crippen LogP contribution in [0.15, 0.2) is 71.6 Å². The zero-order valence-electron chi connectivity index (χ0n) is 17.3. The van der Waals surface area contributed by atoms with E-state index in [-0.39, 0.29) is 10.8 Å². The molecule has 30 heavy (non-hydrogen) atoms. The normalized spacial score (nSPS) is 11.1. The molecule has 0 aliphatic carbocycles. The number of carbonyl (C=O) groups is 1. The van der Waals surface area contributed by atoms with E-state index in [0.29, 0.717) is 22.7 Å². The van der Waals surface area contributed by atoms with Crippen molar-refractivity contribution < 1.29 is 17.9 Å². The maximum atomic E-state index is 13.1. The number of para-hydroxylation sites is 1. The fourth-order valence-corrected chi connectivity index (χ4v) is 4.28. The number of aryl methyl sites for hydroxylation is 2. The number of hydrogen-bond donors (Lipinski definition) is 1. The Bertz CT molecular complexity index is 1170. The zero-order chi connectivity index (χ0) is 21.9. The highest BCUT2D eigenvalue weighted by Gasteiger charge is 2.23. The van der Waals surface area contributed by atoms with E-state index < -0.39 is 10.0 Å². The smallest absolute Gasteiger partial charge is 0.264 e. The number of nitrogens with zero attached hydrogens (tertiary/aromatic N) is 1. The minimum Gasteiger partial charge on any atom is -0.497 e. The Morgan fingerprint density at radius 3 is 2.23 bits per heavy atom. The maximum Gasteiger partial charge on any atom is 0.264 e. The third-order valence-electron chi connectivity index (χ3n) is 4.92. The van der Waals surface area contributed by atoms with Gasteiger partial charge in [-0.1, -0.05) is 24.3 Å². The van der Waals surface area contributed by atoms with Gasteiger partial charge in [0.2, 0.25) is 0 Å². The molecule has 0 bridgehead atoms. The third-order valence-corrected chi connectivity index (χ3v) is 6.71. The van der Waals surface area contributed by atoms with Gasteiger partial charge >= 0.3 is 0 Å². The Morgan fingerprint density at radius 1 is 0.933 bits per heavy atom. The van der Waals surface area contributed by atoms with E-state index >= 15 is 0 Å². The number of benzene rings is 3. The van der Waals surface area contributed by atoms with Crippen LogP contribution in [-0.4, -0.2) is 28.5 Å². The Hall–Kier alpha value is -3.32. The molecule has 0 unspecified atom stereocenters. The number of rotatable bonds is 6. The molecule has 0 aliphatic rings. The molecule has 7 heteroatoms. The van der Waals surface area contributed by atoms with Gasteiger partial charge in [0.15, 0.2) is 0 Å². The predicted octanol–water partition coefficient (Wildman–Crippen LogP) is 4.39. The molecule has 0 aliphatic heterocycles. The molecule has 3 rings (SSSR count). The average Bonchev–Trinajstić information content (AvgIpc) is 2.75. The summed E-state index contributed by atoms with van der Waals surface area (Å²) in [4.78, 5) is 12.9. The number of methoxy groups -OCH3 is 1. The van der Waals surface area contributed by atoms with Crippen molar-refractivity contribution in [3.8, 4) is 5.75 Å². The van der Waals surface area contributed by atoms with Gasteiger partial charge in [0.05, 0.1) is 17.7 Å². The van der Waals surface area contributed by atoms with E-state index in [9.17, 15) is 13.2 Å². The Labute approximate surface area is 177 Å². The number of ether oxygens (including phenoxy) is 1. The van der Waals surface area contributed by atoms with Crippen LogP contribution in [0.2, 0.25) is 0 Å². The van der Waals surface area contributed by atoms with Crippen LogP contribution in [0.4, 0.5) is 11.4 Å². The van der Waals surface area contributed by atoms with E-state index in [1.54, 1.807) is 37.3 Å². The predicted molar refractivity (Wildman–Crippen MR) is 119 cm³/mol. The Morgan fingerprint density at radius 2 is 1.60 bits per heavy atom. The van der Waals surface area contributed by atoms with Crippen molar-refractivity contribution in [2.24, 2.45) is 0 Å². The van der Waals surface area contributed by atoms with Gasteiger partial charge in [-0.2, -0.15) is 0 Å². The lowest BCUT2D eigenvalue weighted by Crippen LogP contribution is -2.27. The summed E-state index contributed by atoms with van der Waals surface area (Å²) in [5.74, 6) is 0.267. The van der Waals surface area contributed by atoms with Crippen LogP contribution < -0.4 is 14.4 Å². The van der Waals surface area contributed by atoms with Gasteiger partial charge in [-0.05, 0) is 67.4 Å². The molecule has 0 saturated carbocycles. The van der Waals surface area contributed by atoms with Gasteiger partial charge in [0, 0.05) is 18.3 Å². The largest absolute Gasteiger partial charge is 0.497 e. The second-order valence-electron chi connectivity index (χ2n) is 6.92. The summed E-state index contributed by atoms with van der Waals surface area (Å²) in [6.45, 7) is 3.71. The van der Waals surface area contributed by atoms with Gasteiger partial charge in [-0.3, -0.25) is 9.10 Å². The first-order valence-corrected chi connectivity index (χ1v) is 10.8. The SMILES string of the molecule is COc1ccc(S(=O)(=O)N(C)c2cc(C(=O)Nc3ccccc3C)ccc2C)cc1. The number of nitrogens with one attached hydrogen (secondary N) is 1. The van der Waals surface area contributed by atoms with Crippen molar-refractivity contribution in [1.82, 2.24) is 0 Å². The van der Waals surface area contributed by atoms with Crippen molar-refractivity contribution in [3.05, 3.63) is 83.4 Å². The topological polar surface area (TPSA) is 75.7 Å². The maximum absolute atomic E-state index is 13.1. The number of anilines is 2.